The first-order valence-corrected chi connectivity index (χ1v) is 9.10. The molecule has 0 bridgehead atoms. The highest BCUT2D eigenvalue weighted by molar-refractivity contribution is 6.33. The summed E-state index contributed by atoms with van der Waals surface area (Å²) in [6.07, 6.45) is 1.45. The molecule has 0 unspecified atom stereocenters. The van der Waals surface area contributed by atoms with Crippen LogP contribution in [0.5, 0.6) is 0 Å². The van der Waals surface area contributed by atoms with Crippen molar-refractivity contribution in [1.82, 2.24) is 9.88 Å². The Morgan fingerprint density at radius 3 is 2.43 bits per heavy atom. The summed E-state index contributed by atoms with van der Waals surface area (Å²) in [5.41, 5.74) is 0.304. The van der Waals surface area contributed by atoms with Crippen molar-refractivity contribution in [1.29, 1.82) is 0 Å². The molecule has 1 aliphatic heterocycles. The molecule has 2 aromatic rings. The molecule has 1 fully saturated rings. The third kappa shape index (κ3) is 4.22. The van der Waals surface area contributed by atoms with Gasteiger partial charge in [0.2, 0.25) is 0 Å². The number of hydrogen-bond acceptors (Lipinski definition) is 5. The van der Waals surface area contributed by atoms with Crippen molar-refractivity contribution in [2.24, 2.45) is 0 Å². The van der Waals surface area contributed by atoms with Gasteiger partial charge in [0.25, 0.3) is 5.91 Å². The zero-order valence-corrected chi connectivity index (χ0v) is 15.9. The van der Waals surface area contributed by atoms with E-state index in [0.29, 0.717) is 44.2 Å². The molecule has 0 saturated carbocycles. The molecular formula is C19H18ClF2N3O3. The fourth-order valence-corrected chi connectivity index (χ4v) is 3.13. The van der Waals surface area contributed by atoms with Crippen LogP contribution >= 0.6 is 11.6 Å². The topological polar surface area (TPSA) is 62.7 Å². The zero-order valence-electron chi connectivity index (χ0n) is 15.1. The van der Waals surface area contributed by atoms with Gasteiger partial charge in [0.15, 0.2) is 11.6 Å². The van der Waals surface area contributed by atoms with Crippen LogP contribution < -0.4 is 4.90 Å². The molecule has 0 aliphatic carbocycles. The molecule has 0 radical (unpaired) electrons. The first-order chi connectivity index (χ1) is 13.4. The minimum Gasteiger partial charge on any atom is -0.462 e. The Kier molecular flexibility index (Phi) is 6.08. The van der Waals surface area contributed by atoms with Gasteiger partial charge in [-0.3, -0.25) is 4.79 Å². The van der Waals surface area contributed by atoms with E-state index in [1.165, 1.54) is 11.1 Å². The number of carbonyl (C=O) groups is 2. The number of rotatable bonds is 4. The first-order valence-electron chi connectivity index (χ1n) is 8.72. The molecule has 28 heavy (non-hydrogen) atoms. The highest BCUT2D eigenvalue weighted by atomic mass is 35.5. The number of esters is 1. The Morgan fingerprint density at radius 2 is 1.82 bits per heavy atom. The van der Waals surface area contributed by atoms with E-state index in [1.807, 2.05) is 4.90 Å². The molecule has 1 amide bonds. The van der Waals surface area contributed by atoms with E-state index in [9.17, 15) is 18.4 Å². The molecular weight excluding hydrogens is 392 g/mol. The Morgan fingerprint density at radius 1 is 1.14 bits per heavy atom. The summed E-state index contributed by atoms with van der Waals surface area (Å²) in [5, 5.41) is -0.123. The van der Waals surface area contributed by atoms with E-state index in [4.69, 9.17) is 16.3 Å². The number of carbonyl (C=O) groups excluding carboxylic acids is 2. The molecule has 1 saturated heterocycles. The number of anilines is 1. The lowest BCUT2D eigenvalue weighted by molar-refractivity contribution is 0.0525. The van der Waals surface area contributed by atoms with Gasteiger partial charge in [-0.15, -0.1) is 0 Å². The summed E-state index contributed by atoms with van der Waals surface area (Å²) in [6.45, 7) is 3.76. The lowest BCUT2D eigenvalue weighted by atomic mass is 10.1. The first kappa shape index (κ1) is 20.0. The third-order valence-electron chi connectivity index (χ3n) is 4.39. The summed E-state index contributed by atoms with van der Waals surface area (Å²) in [7, 11) is 0. The Hall–Kier alpha value is -2.74. The highest BCUT2D eigenvalue weighted by Gasteiger charge is 2.25. The van der Waals surface area contributed by atoms with E-state index in [-0.39, 0.29) is 10.6 Å². The van der Waals surface area contributed by atoms with Crippen LogP contribution in [-0.4, -0.2) is 54.5 Å². The number of amides is 1. The standard InChI is InChI=1S/C19H18ClF2N3O3/c1-2-28-19(27)12-3-4-17(23-11-12)24-5-7-25(8-6-24)18(26)13-9-15(21)16(22)10-14(13)20/h3-4,9-11H,2,5-8H2,1H3. The van der Waals surface area contributed by atoms with E-state index in [0.717, 1.165) is 12.1 Å². The number of piperazine rings is 1. The maximum atomic E-state index is 13.5. The lowest BCUT2D eigenvalue weighted by Gasteiger charge is -2.35. The number of ether oxygens (including phenoxy) is 1. The second-order valence-corrected chi connectivity index (χ2v) is 6.56. The van der Waals surface area contributed by atoms with Crippen molar-refractivity contribution in [3.8, 4) is 0 Å². The largest absolute Gasteiger partial charge is 0.462 e. The molecule has 1 aliphatic rings. The lowest BCUT2D eigenvalue weighted by Crippen LogP contribution is -2.49. The number of pyridine rings is 1. The van der Waals surface area contributed by atoms with E-state index in [1.54, 1.807) is 19.1 Å². The van der Waals surface area contributed by atoms with Gasteiger partial charge in [-0.2, -0.15) is 0 Å². The Labute approximate surface area is 165 Å². The second kappa shape index (κ2) is 8.52. The SMILES string of the molecule is CCOC(=O)c1ccc(N2CCN(C(=O)c3cc(F)c(F)cc3Cl)CC2)nc1. The van der Waals surface area contributed by atoms with E-state index >= 15 is 0 Å². The normalized spacial score (nSPS) is 14.1. The van der Waals surface area contributed by atoms with Crippen molar-refractivity contribution >= 4 is 29.3 Å². The number of aromatic nitrogens is 1. The van der Waals surface area contributed by atoms with Gasteiger partial charge in [-0.05, 0) is 31.2 Å². The van der Waals surface area contributed by atoms with Crippen LogP contribution in [0.15, 0.2) is 30.5 Å². The summed E-state index contributed by atoms with van der Waals surface area (Å²) < 4.78 is 31.6. The van der Waals surface area contributed by atoms with Gasteiger partial charge in [0.1, 0.15) is 5.82 Å². The number of benzene rings is 1. The van der Waals surface area contributed by atoms with Crippen molar-refractivity contribution in [2.75, 3.05) is 37.7 Å². The second-order valence-electron chi connectivity index (χ2n) is 6.15. The van der Waals surface area contributed by atoms with Crippen LogP contribution in [-0.2, 0) is 4.74 Å². The summed E-state index contributed by atoms with van der Waals surface area (Å²) in [6, 6.07) is 4.98. The molecule has 148 valence electrons. The van der Waals surface area contributed by atoms with Gasteiger partial charge in [-0.1, -0.05) is 11.6 Å². The predicted molar refractivity (Wildman–Crippen MR) is 99.7 cm³/mol. The van der Waals surface area contributed by atoms with Crippen molar-refractivity contribution in [2.45, 2.75) is 6.92 Å². The highest BCUT2D eigenvalue weighted by Crippen LogP contribution is 2.23. The molecule has 9 heteroatoms. The molecule has 0 spiro atoms. The third-order valence-corrected chi connectivity index (χ3v) is 4.70. The Balaban J connectivity index is 1.63. The molecule has 2 heterocycles. The molecule has 0 atom stereocenters. The molecule has 0 N–H and O–H groups in total. The van der Waals surface area contributed by atoms with Crippen LogP contribution in [0.1, 0.15) is 27.6 Å². The summed E-state index contributed by atoms with van der Waals surface area (Å²) in [5.74, 6) is -2.42. The van der Waals surface area contributed by atoms with Crippen molar-refractivity contribution in [3.63, 3.8) is 0 Å². The smallest absolute Gasteiger partial charge is 0.339 e. The predicted octanol–water partition coefficient (Wildman–Crippen LogP) is 3.15. The summed E-state index contributed by atoms with van der Waals surface area (Å²) in [4.78, 5) is 32.0. The van der Waals surface area contributed by atoms with Crippen LogP contribution in [0, 0.1) is 11.6 Å². The van der Waals surface area contributed by atoms with E-state index in [2.05, 4.69) is 4.98 Å². The van der Waals surface area contributed by atoms with Crippen molar-refractivity contribution in [3.05, 3.63) is 58.2 Å². The maximum absolute atomic E-state index is 13.5. The van der Waals surface area contributed by atoms with Gasteiger partial charge in [0, 0.05) is 32.4 Å². The van der Waals surface area contributed by atoms with Gasteiger partial charge in [0.05, 0.1) is 22.8 Å². The molecule has 1 aromatic carbocycles. The van der Waals surface area contributed by atoms with Gasteiger partial charge >= 0.3 is 5.97 Å². The van der Waals surface area contributed by atoms with Crippen LogP contribution in [0.25, 0.3) is 0 Å². The monoisotopic (exact) mass is 409 g/mol. The van der Waals surface area contributed by atoms with Crippen LogP contribution in [0.4, 0.5) is 14.6 Å². The molecule has 1 aromatic heterocycles. The minimum absolute atomic E-state index is 0.0640. The maximum Gasteiger partial charge on any atom is 0.339 e. The van der Waals surface area contributed by atoms with Crippen LogP contribution in [0.2, 0.25) is 5.02 Å². The van der Waals surface area contributed by atoms with Crippen LogP contribution in [0.3, 0.4) is 0 Å². The van der Waals surface area contributed by atoms with Gasteiger partial charge in [-0.25, -0.2) is 18.6 Å². The quantitative estimate of drug-likeness (QED) is 0.573. The number of nitrogens with zero attached hydrogens (tertiary/aromatic N) is 3. The van der Waals surface area contributed by atoms with E-state index < -0.39 is 23.5 Å². The minimum atomic E-state index is -1.11. The van der Waals surface area contributed by atoms with Crippen molar-refractivity contribution < 1.29 is 23.1 Å². The average molecular weight is 410 g/mol. The molecule has 3 rings (SSSR count). The average Bonchev–Trinajstić information content (AvgIpc) is 2.70. The fraction of sp³-hybridized carbons (Fsp3) is 0.316. The number of hydrogen-bond donors (Lipinski definition) is 0. The fourth-order valence-electron chi connectivity index (χ4n) is 2.90. The Bertz CT molecular complexity index is 885. The molecule has 6 nitrogen and oxygen atoms in total. The summed E-state index contributed by atoms with van der Waals surface area (Å²) >= 11 is 5.89. The van der Waals surface area contributed by atoms with Gasteiger partial charge < -0.3 is 14.5 Å². The number of halogens is 3. The zero-order chi connectivity index (χ0) is 20.3.